The summed E-state index contributed by atoms with van der Waals surface area (Å²) in [5, 5.41) is 0. The number of phosphoric ester groups is 1. The summed E-state index contributed by atoms with van der Waals surface area (Å²) in [6.07, 6.45) is 98.8. The van der Waals surface area contributed by atoms with Gasteiger partial charge in [-0.15, -0.1) is 0 Å². The molecule has 0 radical (unpaired) electrons. The predicted molar refractivity (Wildman–Crippen MR) is 397 cm³/mol. The highest BCUT2D eigenvalue weighted by Gasteiger charge is 2.22. The number of hydrogen-bond acceptors (Lipinski definition) is 8. The van der Waals surface area contributed by atoms with E-state index in [0.717, 1.165) is 77.0 Å². The van der Waals surface area contributed by atoms with Gasteiger partial charge in [-0.2, -0.15) is 0 Å². The van der Waals surface area contributed by atoms with Crippen LogP contribution in [-0.4, -0.2) is 70.0 Å². The lowest BCUT2D eigenvalue weighted by Gasteiger charge is -2.28. The zero-order valence-corrected chi connectivity index (χ0v) is 62.4. The van der Waals surface area contributed by atoms with Crippen molar-refractivity contribution in [3.63, 3.8) is 0 Å². The van der Waals surface area contributed by atoms with Gasteiger partial charge in [0.2, 0.25) is 0 Å². The van der Waals surface area contributed by atoms with Crippen LogP contribution in [0.5, 0.6) is 0 Å². The van der Waals surface area contributed by atoms with Gasteiger partial charge in [-0.05, 0) is 64.2 Å². The summed E-state index contributed by atoms with van der Waals surface area (Å²) in [6, 6.07) is 0. The lowest BCUT2D eigenvalue weighted by molar-refractivity contribution is -0.870. The molecule has 0 rings (SSSR count). The van der Waals surface area contributed by atoms with E-state index < -0.39 is 26.5 Å². The van der Waals surface area contributed by atoms with E-state index >= 15 is 0 Å². The van der Waals surface area contributed by atoms with Crippen LogP contribution >= 0.6 is 7.82 Å². The van der Waals surface area contributed by atoms with Gasteiger partial charge in [0.05, 0.1) is 27.7 Å². The summed E-state index contributed by atoms with van der Waals surface area (Å²) in [7, 11) is 1.18. The molecule has 0 aromatic carbocycles. The minimum atomic E-state index is -4.65. The summed E-state index contributed by atoms with van der Waals surface area (Å²) in [6.45, 7) is 4.19. The molecule has 0 bridgehead atoms. The molecule has 2 unspecified atom stereocenters. The number of allylic oxidation sites excluding steroid dienone is 12. The Kier molecular flexibility index (Phi) is 70.7. The summed E-state index contributed by atoms with van der Waals surface area (Å²) < 4.78 is 34.4. The van der Waals surface area contributed by atoms with Crippen molar-refractivity contribution in [1.82, 2.24) is 0 Å². The molecule has 538 valence electrons. The number of rotatable bonds is 74. The van der Waals surface area contributed by atoms with Gasteiger partial charge >= 0.3 is 11.9 Å². The van der Waals surface area contributed by atoms with Crippen molar-refractivity contribution in [2.24, 2.45) is 0 Å². The maximum atomic E-state index is 12.9. The zero-order valence-electron chi connectivity index (χ0n) is 61.5. The first-order chi connectivity index (χ1) is 45.0. The van der Waals surface area contributed by atoms with E-state index in [9.17, 15) is 19.0 Å². The number of ether oxygens (including phenoxy) is 2. The molecule has 0 aliphatic carbocycles. The number of likely N-dealkylation sites (N-methyl/N-ethyl adjacent to an activating group) is 1. The van der Waals surface area contributed by atoms with Gasteiger partial charge in [-0.3, -0.25) is 14.2 Å². The molecule has 92 heavy (non-hydrogen) atoms. The molecule has 0 aliphatic heterocycles. The van der Waals surface area contributed by atoms with Crippen LogP contribution < -0.4 is 4.89 Å². The highest BCUT2D eigenvalue weighted by Crippen LogP contribution is 2.38. The normalized spacial score (nSPS) is 13.4. The topological polar surface area (TPSA) is 111 Å². The minimum absolute atomic E-state index is 0.0298. The van der Waals surface area contributed by atoms with Gasteiger partial charge < -0.3 is 27.9 Å². The SMILES string of the molecule is CC/C=C\C/C=C\C/C=C\C/C=C\C/C=C\C/C=C\CCCCCCCCCCCCCCCCCCC(=O)OC(COC(=O)CCCCCCCCCCCCCCCCCCCCCCCCCCCCCCCCCCC)COP(=O)([O-])OCC[N+](C)(C)C. The molecule has 10 heteroatoms. The Balaban J connectivity index is 3.94. The van der Waals surface area contributed by atoms with E-state index in [1.165, 1.54) is 276 Å². The first-order valence-electron chi connectivity index (χ1n) is 39.6. The maximum Gasteiger partial charge on any atom is 0.306 e. The van der Waals surface area contributed by atoms with Gasteiger partial charge in [-0.25, -0.2) is 0 Å². The van der Waals surface area contributed by atoms with Crippen molar-refractivity contribution in [2.45, 2.75) is 392 Å². The molecule has 0 aromatic heterocycles. The fourth-order valence-electron chi connectivity index (χ4n) is 11.7. The lowest BCUT2D eigenvalue weighted by Crippen LogP contribution is -2.37. The Hall–Kier alpha value is -2.55. The van der Waals surface area contributed by atoms with Gasteiger partial charge in [-0.1, -0.05) is 382 Å². The second-order valence-electron chi connectivity index (χ2n) is 28.1. The third-order valence-corrected chi connectivity index (χ3v) is 18.7. The van der Waals surface area contributed by atoms with Crippen LogP contribution in [0, 0.1) is 0 Å². The van der Waals surface area contributed by atoms with Gasteiger partial charge in [0, 0.05) is 12.8 Å². The number of carbonyl (C=O) groups is 2. The van der Waals surface area contributed by atoms with Crippen LogP contribution in [0.15, 0.2) is 72.9 Å². The van der Waals surface area contributed by atoms with Gasteiger partial charge in [0.15, 0.2) is 6.10 Å². The van der Waals surface area contributed by atoms with Crippen molar-refractivity contribution in [1.29, 1.82) is 0 Å². The number of esters is 2. The van der Waals surface area contributed by atoms with Crippen LogP contribution in [0.2, 0.25) is 0 Å². The van der Waals surface area contributed by atoms with Crippen LogP contribution in [0.1, 0.15) is 386 Å². The fourth-order valence-corrected chi connectivity index (χ4v) is 12.5. The first-order valence-corrected chi connectivity index (χ1v) is 41.1. The number of unbranched alkanes of at least 4 members (excludes halogenated alkanes) is 48. The number of quaternary nitrogens is 1. The largest absolute Gasteiger partial charge is 0.756 e. The van der Waals surface area contributed by atoms with Crippen LogP contribution in [0.4, 0.5) is 0 Å². The average molecular weight is 1310 g/mol. The Bertz CT molecular complexity index is 1780. The number of nitrogens with zero attached hydrogens (tertiary/aromatic N) is 1. The Morgan fingerprint density at radius 2 is 0.620 bits per heavy atom. The molecule has 0 amide bonds. The molecule has 0 heterocycles. The quantitative estimate of drug-likeness (QED) is 0.0195. The molecular formula is C82H152NO8P. The molecule has 0 saturated heterocycles. The van der Waals surface area contributed by atoms with Crippen molar-refractivity contribution in [2.75, 3.05) is 47.5 Å². The van der Waals surface area contributed by atoms with Crippen molar-refractivity contribution in [3.8, 4) is 0 Å². The summed E-state index contributed by atoms with van der Waals surface area (Å²) in [5.74, 6) is -0.814. The zero-order chi connectivity index (χ0) is 66.9. The standard InChI is InChI=1S/C82H152NO8P/c1-6-8-10-12-14-16-18-20-22-24-26-28-30-32-34-36-38-40-41-43-45-47-49-51-53-55-57-59-61-63-65-67-69-71-73-75-82(85)91-80(79-90-92(86,87)89-77-76-83(3,4)5)78-88-81(84)74-72-70-68-66-64-62-60-58-56-54-52-50-48-46-44-42-39-37-35-33-31-29-27-25-23-21-19-17-15-13-11-9-7-2/h8,10,14,16,20,22,26,28,32,34,38,40,80H,6-7,9,11-13,15,17-19,21,23-25,27,29-31,33,35-37,39,41-79H2,1-5H3/b10-8-,16-14-,22-20-,28-26-,34-32-,40-38-. The predicted octanol–water partition coefficient (Wildman–Crippen LogP) is 25.7. The molecule has 0 fully saturated rings. The van der Waals surface area contributed by atoms with Crippen LogP contribution in [0.25, 0.3) is 0 Å². The third kappa shape index (κ3) is 76.5. The third-order valence-electron chi connectivity index (χ3n) is 17.7. The Morgan fingerprint density at radius 1 is 0.348 bits per heavy atom. The summed E-state index contributed by atoms with van der Waals surface area (Å²) in [4.78, 5) is 38.2. The van der Waals surface area contributed by atoms with Crippen molar-refractivity contribution in [3.05, 3.63) is 72.9 Å². The van der Waals surface area contributed by atoms with Crippen LogP contribution in [0.3, 0.4) is 0 Å². The van der Waals surface area contributed by atoms with E-state index in [-0.39, 0.29) is 32.0 Å². The first kappa shape index (κ1) is 89.5. The molecule has 9 nitrogen and oxygen atoms in total. The monoisotopic (exact) mass is 1310 g/mol. The molecule has 0 aliphatic rings. The molecule has 0 aromatic rings. The van der Waals surface area contributed by atoms with Crippen molar-refractivity contribution < 1.29 is 42.1 Å². The second-order valence-corrected chi connectivity index (χ2v) is 29.5. The average Bonchev–Trinajstić information content (AvgIpc) is 2.14. The number of carbonyl (C=O) groups excluding carboxylic acids is 2. The second kappa shape index (κ2) is 72.7. The summed E-state index contributed by atoms with van der Waals surface area (Å²) in [5.41, 5.74) is 0. The number of hydrogen-bond donors (Lipinski definition) is 0. The highest BCUT2D eigenvalue weighted by atomic mass is 31.2. The van der Waals surface area contributed by atoms with Gasteiger partial charge in [0.25, 0.3) is 7.82 Å². The van der Waals surface area contributed by atoms with Crippen LogP contribution in [-0.2, 0) is 32.7 Å². The maximum absolute atomic E-state index is 12.9. The highest BCUT2D eigenvalue weighted by molar-refractivity contribution is 7.45. The molecule has 0 saturated carbocycles. The van der Waals surface area contributed by atoms with E-state index in [0.29, 0.717) is 17.4 Å². The number of phosphoric acid groups is 1. The molecular weight excluding hydrogens is 1160 g/mol. The smallest absolute Gasteiger partial charge is 0.306 e. The van der Waals surface area contributed by atoms with E-state index in [1.54, 1.807) is 0 Å². The summed E-state index contributed by atoms with van der Waals surface area (Å²) >= 11 is 0. The lowest BCUT2D eigenvalue weighted by atomic mass is 10.0. The molecule has 0 N–H and O–H groups in total. The van der Waals surface area contributed by atoms with E-state index in [1.807, 2.05) is 21.1 Å². The Morgan fingerprint density at radius 3 is 0.924 bits per heavy atom. The molecule has 2 atom stereocenters. The minimum Gasteiger partial charge on any atom is -0.756 e. The molecule has 0 spiro atoms. The van der Waals surface area contributed by atoms with Crippen molar-refractivity contribution >= 4 is 19.8 Å². The Labute approximate surface area is 571 Å². The van der Waals surface area contributed by atoms with E-state index in [2.05, 4.69) is 86.8 Å². The van der Waals surface area contributed by atoms with E-state index in [4.69, 9.17) is 18.5 Å². The fraction of sp³-hybridized carbons (Fsp3) is 0.829. The van der Waals surface area contributed by atoms with Gasteiger partial charge in [0.1, 0.15) is 19.8 Å².